The number of para-hydroxylation sites is 1. The van der Waals surface area contributed by atoms with E-state index in [1.54, 1.807) is 6.92 Å². The normalized spacial score (nSPS) is 17.6. The number of nitrogens with zero attached hydrogens (tertiary/aromatic N) is 1. The van der Waals surface area contributed by atoms with E-state index >= 15 is 0 Å². The number of hydrogen-bond acceptors (Lipinski definition) is 4. The Morgan fingerprint density at radius 2 is 2.21 bits per heavy atom. The molecule has 19 heavy (non-hydrogen) atoms. The topological polar surface area (TPSA) is 75.2 Å². The molecule has 98 valence electrons. The van der Waals surface area contributed by atoms with Crippen LogP contribution in [0.1, 0.15) is 29.3 Å². The average molecular weight is 258 g/mol. The van der Waals surface area contributed by atoms with Gasteiger partial charge in [0.1, 0.15) is 11.6 Å². The molecule has 5 nitrogen and oxygen atoms in total. The first-order valence-corrected chi connectivity index (χ1v) is 6.18. The fraction of sp³-hybridized carbons (Fsp3) is 0.286. The number of hydrogen-bond donors (Lipinski definition) is 2. The summed E-state index contributed by atoms with van der Waals surface area (Å²) in [6.45, 7) is 2.11. The molecule has 0 radical (unpaired) electrons. The first kappa shape index (κ1) is 11.8. The minimum absolute atomic E-state index is 0.0517. The molecule has 1 atom stereocenters. The fourth-order valence-corrected chi connectivity index (χ4v) is 2.33. The Kier molecular flexibility index (Phi) is 2.74. The van der Waals surface area contributed by atoms with Gasteiger partial charge >= 0.3 is 0 Å². The van der Waals surface area contributed by atoms with E-state index in [9.17, 15) is 9.90 Å². The Morgan fingerprint density at radius 1 is 1.42 bits per heavy atom. The molecular weight excluding hydrogens is 244 g/mol. The van der Waals surface area contributed by atoms with Gasteiger partial charge in [-0.15, -0.1) is 0 Å². The Hall–Kier alpha value is -2.30. The summed E-state index contributed by atoms with van der Waals surface area (Å²) in [4.78, 5) is 18.6. The summed E-state index contributed by atoms with van der Waals surface area (Å²) >= 11 is 0. The van der Waals surface area contributed by atoms with Crippen molar-refractivity contribution in [3.05, 3.63) is 51.6 Å². The summed E-state index contributed by atoms with van der Waals surface area (Å²) in [5, 5.41) is 9.70. The third-order valence-electron chi connectivity index (χ3n) is 3.43. The standard InChI is InChI=1S/C14H14N2O3/c1-8-13(17)15-12(16-14(8)18)10-6-7-19-11-5-3-2-4-9(10)11/h2-5,10H,6-7H2,1H3,(H2,15,16,17,18). The first-order chi connectivity index (χ1) is 9.16. The minimum Gasteiger partial charge on any atom is -0.493 e. The lowest BCUT2D eigenvalue weighted by atomic mass is 9.92. The number of aromatic nitrogens is 2. The highest BCUT2D eigenvalue weighted by atomic mass is 16.5. The molecule has 0 bridgehead atoms. The SMILES string of the molecule is Cc1c(O)nc(C2CCOc3ccccc32)[nH]c1=O. The van der Waals surface area contributed by atoms with Crippen LogP contribution in [0.5, 0.6) is 11.6 Å². The second-order valence-electron chi connectivity index (χ2n) is 4.63. The van der Waals surface area contributed by atoms with E-state index in [4.69, 9.17) is 4.74 Å². The van der Waals surface area contributed by atoms with Crippen molar-refractivity contribution in [3.8, 4) is 11.6 Å². The molecule has 2 heterocycles. The van der Waals surface area contributed by atoms with Crippen LogP contribution in [-0.4, -0.2) is 21.7 Å². The van der Waals surface area contributed by atoms with Crippen LogP contribution in [0.15, 0.2) is 29.1 Å². The van der Waals surface area contributed by atoms with Gasteiger partial charge in [-0.2, -0.15) is 4.98 Å². The zero-order valence-corrected chi connectivity index (χ0v) is 10.5. The summed E-state index contributed by atoms with van der Waals surface area (Å²) in [6, 6.07) is 7.68. The van der Waals surface area contributed by atoms with Crippen molar-refractivity contribution in [3.63, 3.8) is 0 Å². The summed E-state index contributed by atoms with van der Waals surface area (Å²) in [6.07, 6.45) is 0.725. The summed E-state index contributed by atoms with van der Waals surface area (Å²) in [5.74, 6) is 1.04. The summed E-state index contributed by atoms with van der Waals surface area (Å²) < 4.78 is 5.58. The molecule has 1 aromatic heterocycles. The molecule has 1 unspecified atom stereocenters. The summed E-state index contributed by atoms with van der Waals surface area (Å²) in [7, 11) is 0. The number of ether oxygens (including phenoxy) is 1. The van der Waals surface area contributed by atoms with E-state index in [-0.39, 0.29) is 22.9 Å². The molecule has 1 aliphatic rings. The Balaban J connectivity index is 2.12. The number of nitrogens with one attached hydrogen (secondary N) is 1. The van der Waals surface area contributed by atoms with Crippen LogP contribution < -0.4 is 10.3 Å². The average Bonchev–Trinajstić information content (AvgIpc) is 2.43. The van der Waals surface area contributed by atoms with Gasteiger partial charge in [-0.25, -0.2) is 0 Å². The van der Waals surface area contributed by atoms with Crippen molar-refractivity contribution < 1.29 is 9.84 Å². The van der Waals surface area contributed by atoms with Crippen LogP contribution in [0.2, 0.25) is 0 Å². The predicted octanol–water partition coefficient (Wildman–Crippen LogP) is 1.70. The van der Waals surface area contributed by atoms with E-state index in [1.807, 2.05) is 24.3 Å². The van der Waals surface area contributed by atoms with Gasteiger partial charge in [0, 0.05) is 11.5 Å². The van der Waals surface area contributed by atoms with E-state index in [2.05, 4.69) is 9.97 Å². The second-order valence-corrected chi connectivity index (χ2v) is 4.63. The van der Waals surface area contributed by atoms with Crippen LogP contribution in [-0.2, 0) is 0 Å². The van der Waals surface area contributed by atoms with Crippen LogP contribution in [0.3, 0.4) is 0 Å². The van der Waals surface area contributed by atoms with Crippen LogP contribution in [0.25, 0.3) is 0 Å². The maximum atomic E-state index is 11.7. The first-order valence-electron chi connectivity index (χ1n) is 6.18. The van der Waals surface area contributed by atoms with Gasteiger partial charge in [0.15, 0.2) is 0 Å². The number of aromatic amines is 1. The second kappa shape index (κ2) is 4.42. The molecule has 1 aliphatic heterocycles. The molecule has 3 rings (SSSR count). The van der Waals surface area contributed by atoms with Crippen molar-refractivity contribution in [2.24, 2.45) is 0 Å². The Morgan fingerprint density at radius 3 is 3.00 bits per heavy atom. The van der Waals surface area contributed by atoms with Gasteiger partial charge in [0.25, 0.3) is 5.56 Å². The highest BCUT2D eigenvalue weighted by Gasteiger charge is 2.25. The van der Waals surface area contributed by atoms with E-state index in [0.717, 1.165) is 17.7 Å². The molecule has 2 aromatic rings. The van der Waals surface area contributed by atoms with Gasteiger partial charge in [-0.05, 0) is 19.4 Å². The largest absolute Gasteiger partial charge is 0.493 e. The third-order valence-corrected chi connectivity index (χ3v) is 3.43. The third kappa shape index (κ3) is 1.97. The van der Waals surface area contributed by atoms with Gasteiger partial charge in [0.2, 0.25) is 5.88 Å². The highest BCUT2D eigenvalue weighted by molar-refractivity contribution is 5.41. The lowest BCUT2D eigenvalue weighted by Gasteiger charge is -2.25. The lowest BCUT2D eigenvalue weighted by molar-refractivity contribution is 0.273. The lowest BCUT2D eigenvalue weighted by Crippen LogP contribution is -2.21. The van der Waals surface area contributed by atoms with Gasteiger partial charge < -0.3 is 14.8 Å². The molecule has 0 saturated carbocycles. The number of H-pyrrole nitrogens is 1. The smallest absolute Gasteiger partial charge is 0.257 e. The maximum Gasteiger partial charge on any atom is 0.257 e. The Bertz CT molecular complexity index is 679. The number of fused-ring (bicyclic) bond motifs is 1. The van der Waals surface area contributed by atoms with Crippen LogP contribution >= 0.6 is 0 Å². The zero-order valence-electron chi connectivity index (χ0n) is 10.5. The molecule has 0 saturated heterocycles. The van der Waals surface area contributed by atoms with Crippen molar-refractivity contribution in [1.29, 1.82) is 0 Å². The van der Waals surface area contributed by atoms with Gasteiger partial charge in [-0.1, -0.05) is 18.2 Å². The maximum absolute atomic E-state index is 11.7. The monoisotopic (exact) mass is 258 g/mol. The fourth-order valence-electron chi connectivity index (χ4n) is 2.33. The van der Waals surface area contributed by atoms with Crippen molar-refractivity contribution >= 4 is 0 Å². The molecule has 0 spiro atoms. The number of aromatic hydroxyl groups is 1. The van der Waals surface area contributed by atoms with Crippen LogP contribution in [0, 0.1) is 6.92 Å². The van der Waals surface area contributed by atoms with Crippen LogP contribution in [0.4, 0.5) is 0 Å². The highest BCUT2D eigenvalue weighted by Crippen LogP contribution is 2.36. The van der Waals surface area contributed by atoms with E-state index < -0.39 is 0 Å². The zero-order chi connectivity index (χ0) is 13.4. The predicted molar refractivity (Wildman–Crippen MR) is 69.7 cm³/mol. The van der Waals surface area contributed by atoms with Gasteiger partial charge in [0.05, 0.1) is 12.2 Å². The van der Waals surface area contributed by atoms with E-state index in [1.165, 1.54) is 0 Å². The molecule has 2 N–H and O–H groups in total. The molecule has 1 aromatic carbocycles. The molecule has 0 amide bonds. The molecular formula is C14H14N2O3. The van der Waals surface area contributed by atoms with Crippen molar-refractivity contribution in [1.82, 2.24) is 9.97 Å². The summed E-state index contributed by atoms with van der Waals surface area (Å²) in [5.41, 5.74) is 0.927. The number of benzene rings is 1. The molecule has 0 fully saturated rings. The Labute approximate surface area is 109 Å². The minimum atomic E-state index is -0.300. The number of rotatable bonds is 1. The van der Waals surface area contributed by atoms with E-state index in [0.29, 0.717) is 12.4 Å². The van der Waals surface area contributed by atoms with Gasteiger partial charge in [-0.3, -0.25) is 4.79 Å². The quantitative estimate of drug-likeness (QED) is 0.816. The molecule has 0 aliphatic carbocycles. The van der Waals surface area contributed by atoms with Crippen molar-refractivity contribution in [2.75, 3.05) is 6.61 Å². The molecule has 5 heteroatoms. The van der Waals surface area contributed by atoms with Crippen molar-refractivity contribution in [2.45, 2.75) is 19.3 Å².